The predicted molar refractivity (Wildman–Crippen MR) is 59.2 cm³/mol. The minimum Gasteiger partial charge on any atom is -0.508 e. The average Bonchev–Trinajstić information content (AvgIpc) is 2.27. The van der Waals surface area contributed by atoms with Crippen molar-refractivity contribution in [1.29, 1.82) is 0 Å². The number of rotatable bonds is 2. The molecule has 4 heteroatoms. The lowest BCUT2D eigenvalue weighted by Crippen LogP contribution is -2.51. The van der Waals surface area contributed by atoms with Gasteiger partial charge in [-0.3, -0.25) is 4.79 Å². The van der Waals surface area contributed by atoms with Crippen molar-refractivity contribution in [2.45, 2.75) is 18.9 Å². The third kappa shape index (κ3) is 2.33. The van der Waals surface area contributed by atoms with Crippen molar-refractivity contribution >= 4 is 5.91 Å². The van der Waals surface area contributed by atoms with E-state index < -0.39 is 5.60 Å². The highest BCUT2D eigenvalue weighted by Gasteiger charge is 2.31. The molecule has 1 aliphatic heterocycles. The van der Waals surface area contributed by atoms with Crippen LogP contribution in [0.25, 0.3) is 0 Å². The predicted octanol–water partition coefficient (Wildman–Crippen LogP) is 0.840. The van der Waals surface area contributed by atoms with Gasteiger partial charge in [0.15, 0.2) is 0 Å². The summed E-state index contributed by atoms with van der Waals surface area (Å²) in [4.78, 5) is 11.0. The van der Waals surface area contributed by atoms with Gasteiger partial charge in [-0.1, -0.05) is 18.2 Å². The Morgan fingerprint density at radius 2 is 2.25 bits per heavy atom. The maximum Gasteiger partial charge on any atom is 0.246 e. The molecule has 2 N–H and O–H groups in total. The maximum absolute atomic E-state index is 11.0. The molecule has 1 amide bonds. The van der Waals surface area contributed by atoms with Crippen molar-refractivity contribution in [3.8, 4) is 5.75 Å². The van der Waals surface area contributed by atoms with E-state index in [1.165, 1.54) is 0 Å². The number of amides is 1. The molecule has 1 saturated heterocycles. The van der Waals surface area contributed by atoms with E-state index in [0.29, 0.717) is 13.0 Å². The smallest absolute Gasteiger partial charge is 0.246 e. The first-order chi connectivity index (χ1) is 7.59. The van der Waals surface area contributed by atoms with Crippen molar-refractivity contribution < 1.29 is 14.6 Å². The second kappa shape index (κ2) is 4.14. The fourth-order valence-electron chi connectivity index (χ4n) is 1.80. The van der Waals surface area contributed by atoms with Crippen LogP contribution in [0.3, 0.4) is 0 Å². The molecule has 1 unspecified atom stereocenters. The molecule has 0 aromatic heterocycles. The van der Waals surface area contributed by atoms with Crippen molar-refractivity contribution in [3.63, 3.8) is 0 Å². The molecule has 0 radical (unpaired) electrons. The van der Waals surface area contributed by atoms with Crippen LogP contribution < -0.4 is 5.32 Å². The molecule has 0 spiro atoms. The molecule has 1 aromatic rings. The first kappa shape index (κ1) is 11.0. The second-order valence-corrected chi connectivity index (χ2v) is 4.32. The van der Waals surface area contributed by atoms with Gasteiger partial charge in [0.1, 0.15) is 12.4 Å². The number of benzene rings is 1. The van der Waals surface area contributed by atoms with Gasteiger partial charge >= 0.3 is 0 Å². The lowest BCUT2D eigenvalue weighted by atomic mass is 9.94. The van der Waals surface area contributed by atoms with E-state index in [4.69, 9.17) is 4.74 Å². The Kier molecular flexibility index (Phi) is 2.83. The van der Waals surface area contributed by atoms with Crippen LogP contribution in [0, 0.1) is 0 Å². The summed E-state index contributed by atoms with van der Waals surface area (Å²) in [7, 11) is 0. The number of ether oxygens (including phenoxy) is 1. The third-order valence-corrected chi connectivity index (χ3v) is 2.77. The number of hydrogen-bond acceptors (Lipinski definition) is 3. The average molecular weight is 221 g/mol. The van der Waals surface area contributed by atoms with Gasteiger partial charge < -0.3 is 15.2 Å². The molecule has 0 saturated carbocycles. The summed E-state index contributed by atoms with van der Waals surface area (Å²) in [6.45, 7) is 2.49. The fraction of sp³-hybridized carbons (Fsp3) is 0.417. The summed E-state index contributed by atoms with van der Waals surface area (Å²) in [5.74, 6) is 0.180. The molecule has 0 aliphatic carbocycles. The zero-order valence-corrected chi connectivity index (χ0v) is 9.19. The molecule has 0 bridgehead atoms. The van der Waals surface area contributed by atoms with Gasteiger partial charge in [0, 0.05) is 13.0 Å². The van der Waals surface area contributed by atoms with Gasteiger partial charge in [-0.15, -0.1) is 0 Å². The minimum absolute atomic E-state index is 0.0874. The number of phenolic OH excluding ortho intramolecular Hbond substituents is 1. The van der Waals surface area contributed by atoms with Crippen molar-refractivity contribution in [2.75, 3.05) is 13.2 Å². The van der Waals surface area contributed by atoms with E-state index in [0.717, 1.165) is 5.56 Å². The summed E-state index contributed by atoms with van der Waals surface area (Å²) in [6, 6.07) is 7.17. The van der Waals surface area contributed by atoms with Crippen LogP contribution in [-0.2, 0) is 16.0 Å². The van der Waals surface area contributed by atoms with Gasteiger partial charge in [-0.2, -0.15) is 0 Å². The molecular formula is C12H15NO3. The van der Waals surface area contributed by atoms with E-state index >= 15 is 0 Å². The van der Waals surface area contributed by atoms with E-state index in [9.17, 15) is 9.90 Å². The Hall–Kier alpha value is -1.55. The minimum atomic E-state index is -0.438. The summed E-state index contributed by atoms with van der Waals surface area (Å²) in [6.07, 6.45) is 0.583. The Bertz CT molecular complexity index is 393. The number of carbonyl (C=O) groups is 1. The number of carbonyl (C=O) groups excluding carboxylic acids is 1. The van der Waals surface area contributed by atoms with Crippen LogP contribution in [0.1, 0.15) is 12.5 Å². The Balaban J connectivity index is 2.09. The van der Waals surface area contributed by atoms with Gasteiger partial charge in [0.25, 0.3) is 0 Å². The van der Waals surface area contributed by atoms with E-state index in [1.807, 2.05) is 19.1 Å². The third-order valence-electron chi connectivity index (χ3n) is 2.77. The second-order valence-electron chi connectivity index (χ2n) is 4.32. The van der Waals surface area contributed by atoms with Gasteiger partial charge in [0.2, 0.25) is 5.91 Å². The Labute approximate surface area is 94.2 Å². The molecule has 1 fully saturated rings. The van der Waals surface area contributed by atoms with Gasteiger partial charge in [-0.25, -0.2) is 0 Å². The number of hydrogen-bond donors (Lipinski definition) is 2. The number of phenols is 1. The zero-order valence-electron chi connectivity index (χ0n) is 9.19. The summed E-state index contributed by atoms with van der Waals surface area (Å²) >= 11 is 0. The van der Waals surface area contributed by atoms with Crippen LogP contribution in [-0.4, -0.2) is 29.8 Å². The highest BCUT2D eigenvalue weighted by Crippen LogP contribution is 2.24. The lowest BCUT2D eigenvalue weighted by Gasteiger charge is -2.34. The van der Waals surface area contributed by atoms with Gasteiger partial charge in [0.05, 0.1) is 5.60 Å². The molecule has 86 valence electrons. The van der Waals surface area contributed by atoms with Crippen molar-refractivity contribution in [1.82, 2.24) is 5.32 Å². The van der Waals surface area contributed by atoms with Crippen LogP contribution in [0.5, 0.6) is 5.75 Å². The van der Waals surface area contributed by atoms with Crippen molar-refractivity contribution in [3.05, 3.63) is 29.8 Å². The Morgan fingerprint density at radius 1 is 1.50 bits per heavy atom. The number of morpholine rings is 1. The van der Waals surface area contributed by atoms with Crippen molar-refractivity contribution in [2.24, 2.45) is 0 Å². The largest absolute Gasteiger partial charge is 0.508 e. The maximum atomic E-state index is 11.0. The van der Waals surface area contributed by atoms with E-state index in [2.05, 4.69) is 5.32 Å². The molecular weight excluding hydrogens is 206 g/mol. The van der Waals surface area contributed by atoms with Crippen LogP contribution >= 0.6 is 0 Å². The quantitative estimate of drug-likeness (QED) is 0.778. The molecule has 1 atom stereocenters. The Morgan fingerprint density at radius 3 is 2.88 bits per heavy atom. The fourth-order valence-corrected chi connectivity index (χ4v) is 1.80. The number of para-hydroxylation sites is 1. The normalized spacial score (nSPS) is 25.2. The molecule has 2 rings (SSSR count). The van der Waals surface area contributed by atoms with Crippen LogP contribution in [0.15, 0.2) is 24.3 Å². The summed E-state index contributed by atoms with van der Waals surface area (Å²) in [5, 5.41) is 12.4. The van der Waals surface area contributed by atoms with E-state index in [1.54, 1.807) is 12.1 Å². The first-order valence-corrected chi connectivity index (χ1v) is 5.27. The molecule has 1 aromatic carbocycles. The highest BCUT2D eigenvalue weighted by atomic mass is 16.5. The molecule has 16 heavy (non-hydrogen) atoms. The van der Waals surface area contributed by atoms with E-state index in [-0.39, 0.29) is 18.3 Å². The topological polar surface area (TPSA) is 58.6 Å². The molecule has 4 nitrogen and oxygen atoms in total. The SMILES string of the molecule is CC1(Cc2ccccc2O)CNC(=O)CO1. The first-order valence-electron chi connectivity index (χ1n) is 5.27. The number of nitrogens with one attached hydrogen (secondary N) is 1. The zero-order chi connectivity index (χ0) is 11.6. The van der Waals surface area contributed by atoms with Crippen LogP contribution in [0.4, 0.5) is 0 Å². The number of aromatic hydroxyl groups is 1. The molecule has 1 aliphatic rings. The van der Waals surface area contributed by atoms with Gasteiger partial charge in [-0.05, 0) is 18.6 Å². The summed E-state index contributed by atoms with van der Waals surface area (Å²) in [5.41, 5.74) is 0.397. The standard InChI is InChI=1S/C12H15NO3/c1-12(8-13-11(15)7-16-12)6-9-4-2-3-5-10(9)14/h2-5,14H,6-8H2,1H3,(H,13,15). The monoisotopic (exact) mass is 221 g/mol. The lowest BCUT2D eigenvalue weighted by molar-refractivity contribution is -0.141. The summed E-state index contributed by atoms with van der Waals surface area (Å²) < 4.78 is 5.51. The molecule has 1 heterocycles. The van der Waals surface area contributed by atoms with Crippen LogP contribution in [0.2, 0.25) is 0 Å². The highest BCUT2D eigenvalue weighted by molar-refractivity contribution is 5.78.